The molecule has 0 aliphatic carbocycles. The van der Waals surface area contributed by atoms with E-state index in [0.29, 0.717) is 44.3 Å². The zero-order valence-electron chi connectivity index (χ0n) is 17.9. The zero-order chi connectivity index (χ0) is 21.3. The Morgan fingerprint density at radius 2 is 2.00 bits per heavy atom. The maximum atomic E-state index is 13.2. The summed E-state index contributed by atoms with van der Waals surface area (Å²) in [5.74, 6) is 1.42. The molecule has 1 N–H and O–H groups in total. The van der Waals surface area contributed by atoms with Crippen molar-refractivity contribution in [3.63, 3.8) is 0 Å². The van der Waals surface area contributed by atoms with Gasteiger partial charge in [0.25, 0.3) is 5.56 Å². The van der Waals surface area contributed by atoms with Crippen LogP contribution in [-0.4, -0.2) is 63.0 Å². The summed E-state index contributed by atoms with van der Waals surface area (Å²) >= 11 is 0. The van der Waals surface area contributed by atoms with Crippen molar-refractivity contribution < 1.29 is 9.47 Å². The first-order valence-corrected chi connectivity index (χ1v) is 10.3. The lowest BCUT2D eigenvalue weighted by Gasteiger charge is -2.34. The smallest absolute Gasteiger partial charge is 0.253 e. The lowest BCUT2D eigenvalue weighted by molar-refractivity contribution is 0.0206. The fourth-order valence-electron chi connectivity index (χ4n) is 3.84. The molecule has 30 heavy (non-hydrogen) atoms. The maximum Gasteiger partial charge on any atom is 0.253 e. The highest BCUT2D eigenvalue weighted by Crippen LogP contribution is 2.30. The van der Waals surface area contributed by atoms with Crippen LogP contribution in [0.25, 0.3) is 10.9 Å². The van der Waals surface area contributed by atoms with Gasteiger partial charge in [-0.2, -0.15) is 0 Å². The second-order valence-electron chi connectivity index (χ2n) is 8.41. The summed E-state index contributed by atoms with van der Waals surface area (Å²) in [5, 5.41) is 13.4. The number of fused-ring (bicyclic) bond motifs is 1. The first-order chi connectivity index (χ1) is 14.4. The van der Waals surface area contributed by atoms with Crippen LogP contribution >= 0.6 is 0 Å². The number of hydrogen-bond donors (Lipinski definition) is 1. The Kier molecular flexibility index (Phi) is 5.57. The van der Waals surface area contributed by atoms with E-state index in [-0.39, 0.29) is 17.1 Å². The molecule has 1 aliphatic rings. The van der Waals surface area contributed by atoms with E-state index in [1.54, 1.807) is 4.68 Å². The molecule has 9 nitrogen and oxygen atoms in total. The molecule has 160 valence electrons. The molecule has 0 amide bonds. The van der Waals surface area contributed by atoms with Crippen molar-refractivity contribution in [3.05, 3.63) is 46.0 Å². The van der Waals surface area contributed by atoms with Gasteiger partial charge in [0, 0.05) is 29.6 Å². The van der Waals surface area contributed by atoms with Gasteiger partial charge in [0.05, 0.1) is 25.4 Å². The molecule has 2 aromatic heterocycles. The average molecular weight is 412 g/mol. The second kappa shape index (κ2) is 8.16. The number of aromatic amines is 1. The zero-order valence-corrected chi connectivity index (χ0v) is 17.9. The Labute approximate surface area is 175 Å². The Morgan fingerprint density at radius 3 is 2.70 bits per heavy atom. The number of morpholine rings is 1. The molecule has 1 aliphatic heterocycles. The van der Waals surface area contributed by atoms with Gasteiger partial charge in [-0.05, 0) is 62.4 Å². The summed E-state index contributed by atoms with van der Waals surface area (Å²) in [6.45, 7) is 11.3. The molecule has 4 rings (SSSR count). The number of hydrogen-bond acceptors (Lipinski definition) is 7. The van der Waals surface area contributed by atoms with E-state index >= 15 is 0 Å². The number of pyridine rings is 1. The van der Waals surface area contributed by atoms with Crippen LogP contribution in [0.3, 0.4) is 0 Å². The molecule has 0 unspecified atom stereocenters. The first kappa shape index (κ1) is 20.5. The summed E-state index contributed by atoms with van der Waals surface area (Å²) < 4.78 is 13.0. The molecule has 1 fully saturated rings. The number of aromatic nitrogens is 5. The van der Waals surface area contributed by atoms with Crippen molar-refractivity contribution in [2.75, 3.05) is 32.9 Å². The fourth-order valence-corrected chi connectivity index (χ4v) is 3.84. The fraction of sp³-hybridized carbons (Fsp3) is 0.524. The van der Waals surface area contributed by atoms with Crippen LogP contribution in [0.2, 0.25) is 0 Å². The third-order valence-electron chi connectivity index (χ3n) is 5.23. The number of benzene rings is 1. The van der Waals surface area contributed by atoms with Gasteiger partial charge >= 0.3 is 0 Å². The molecular weight excluding hydrogens is 384 g/mol. The number of rotatable bonds is 5. The van der Waals surface area contributed by atoms with Gasteiger partial charge in [0.1, 0.15) is 11.8 Å². The normalized spacial score (nSPS) is 16.7. The molecule has 0 radical (unpaired) electrons. The van der Waals surface area contributed by atoms with Crippen LogP contribution in [0, 0.1) is 0 Å². The van der Waals surface area contributed by atoms with Gasteiger partial charge in [-0.1, -0.05) is 0 Å². The van der Waals surface area contributed by atoms with E-state index < -0.39 is 0 Å². The third-order valence-corrected chi connectivity index (χ3v) is 5.23. The van der Waals surface area contributed by atoms with Crippen LogP contribution < -0.4 is 10.3 Å². The van der Waals surface area contributed by atoms with Gasteiger partial charge in [-0.15, -0.1) is 5.10 Å². The van der Waals surface area contributed by atoms with Crippen LogP contribution in [0.15, 0.2) is 29.1 Å². The van der Waals surface area contributed by atoms with E-state index in [4.69, 9.17) is 9.47 Å². The van der Waals surface area contributed by atoms with Crippen LogP contribution in [0.4, 0.5) is 0 Å². The minimum atomic E-state index is -0.382. The molecule has 0 bridgehead atoms. The quantitative estimate of drug-likeness (QED) is 0.685. The van der Waals surface area contributed by atoms with Gasteiger partial charge in [0.2, 0.25) is 0 Å². The largest absolute Gasteiger partial charge is 0.494 e. The van der Waals surface area contributed by atoms with E-state index in [1.807, 2.05) is 52.0 Å². The predicted octanol–water partition coefficient (Wildman–Crippen LogP) is 2.09. The van der Waals surface area contributed by atoms with Crippen LogP contribution in [0.5, 0.6) is 5.75 Å². The molecule has 0 spiro atoms. The molecule has 0 saturated carbocycles. The average Bonchev–Trinajstić information content (AvgIpc) is 3.20. The van der Waals surface area contributed by atoms with E-state index in [2.05, 4.69) is 25.4 Å². The van der Waals surface area contributed by atoms with Crippen molar-refractivity contribution >= 4 is 10.9 Å². The van der Waals surface area contributed by atoms with Crippen molar-refractivity contribution in [1.29, 1.82) is 0 Å². The standard InChI is InChI=1S/C21H28N6O3/c1-5-30-15-6-7-17-14(12-15)13-16(20(28)22-17)18(26-8-10-29-11-9-26)19-23-24-25-27(19)21(2,3)4/h6-7,12-13,18H,5,8-11H2,1-4H3,(H,22,28)/t18-/m1/s1. The molecule has 1 aromatic carbocycles. The van der Waals surface area contributed by atoms with Crippen LogP contribution in [-0.2, 0) is 10.3 Å². The van der Waals surface area contributed by atoms with Crippen molar-refractivity contribution in [2.45, 2.75) is 39.3 Å². The number of nitrogens with one attached hydrogen (secondary N) is 1. The summed E-state index contributed by atoms with van der Waals surface area (Å²) in [6, 6.07) is 7.22. The van der Waals surface area contributed by atoms with Gasteiger partial charge < -0.3 is 14.5 Å². The first-order valence-electron chi connectivity index (χ1n) is 10.3. The van der Waals surface area contributed by atoms with Crippen LogP contribution in [0.1, 0.15) is 45.1 Å². The third kappa shape index (κ3) is 3.95. The minimum Gasteiger partial charge on any atom is -0.494 e. The predicted molar refractivity (Wildman–Crippen MR) is 113 cm³/mol. The minimum absolute atomic E-state index is 0.147. The van der Waals surface area contributed by atoms with E-state index in [1.165, 1.54) is 0 Å². The molecule has 3 aromatic rings. The summed E-state index contributed by atoms with van der Waals surface area (Å²) in [4.78, 5) is 18.4. The molecular formula is C21H28N6O3. The Morgan fingerprint density at radius 1 is 1.23 bits per heavy atom. The van der Waals surface area contributed by atoms with E-state index in [0.717, 1.165) is 16.7 Å². The second-order valence-corrected chi connectivity index (χ2v) is 8.41. The van der Waals surface area contributed by atoms with Gasteiger partial charge in [-0.3, -0.25) is 9.69 Å². The Hall–Kier alpha value is -2.78. The summed E-state index contributed by atoms with van der Waals surface area (Å²) in [5.41, 5.74) is 0.906. The number of tetrazole rings is 1. The Balaban J connectivity index is 1.88. The maximum absolute atomic E-state index is 13.2. The lowest BCUT2D eigenvalue weighted by Crippen LogP contribution is -2.43. The lowest BCUT2D eigenvalue weighted by atomic mass is 10.0. The monoisotopic (exact) mass is 412 g/mol. The van der Waals surface area contributed by atoms with Gasteiger partial charge in [-0.25, -0.2) is 4.68 Å². The molecule has 1 atom stereocenters. The summed E-state index contributed by atoms with van der Waals surface area (Å²) in [7, 11) is 0. The van der Waals surface area contributed by atoms with E-state index in [9.17, 15) is 4.79 Å². The summed E-state index contributed by atoms with van der Waals surface area (Å²) in [6.07, 6.45) is 0. The number of nitrogens with zero attached hydrogens (tertiary/aromatic N) is 5. The number of H-pyrrole nitrogens is 1. The van der Waals surface area contributed by atoms with Crippen molar-refractivity contribution in [2.24, 2.45) is 0 Å². The molecule has 3 heterocycles. The van der Waals surface area contributed by atoms with Crippen molar-refractivity contribution in [3.8, 4) is 5.75 Å². The number of ether oxygens (including phenoxy) is 2. The van der Waals surface area contributed by atoms with Crippen molar-refractivity contribution in [1.82, 2.24) is 30.1 Å². The highest BCUT2D eigenvalue weighted by Gasteiger charge is 2.34. The van der Waals surface area contributed by atoms with Gasteiger partial charge in [0.15, 0.2) is 5.82 Å². The Bertz CT molecular complexity index is 1080. The topological polar surface area (TPSA) is 98.2 Å². The highest BCUT2D eigenvalue weighted by molar-refractivity contribution is 5.80. The SMILES string of the molecule is CCOc1ccc2[nH]c(=O)c([C@H](c3nnnn3C(C)(C)C)N3CCOCC3)cc2c1. The molecule has 9 heteroatoms. The molecule has 1 saturated heterocycles. The highest BCUT2D eigenvalue weighted by atomic mass is 16.5.